The normalized spacial score (nSPS) is 10.9. The largest absolute Gasteiger partial charge is 0.493 e. The Labute approximate surface area is 138 Å². The molecular formula is C15H21N5O4. The van der Waals surface area contributed by atoms with E-state index in [1.165, 1.54) is 26.4 Å². The van der Waals surface area contributed by atoms with Crippen molar-refractivity contribution in [3.05, 3.63) is 28.3 Å². The minimum absolute atomic E-state index is 0.168. The molecular weight excluding hydrogens is 314 g/mol. The van der Waals surface area contributed by atoms with Crippen LogP contribution in [0.15, 0.2) is 16.9 Å². The SMILES string of the molecule is COc1cc2nc(C(=O)NCCN(C)C)n(N)c(=O)c2cc1OC. The van der Waals surface area contributed by atoms with Crippen LogP contribution in [0.1, 0.15) is 10.6 Å². The second-order valence-corrected chi connectivity index (χ2v) is 5.39. The summed E-state index contributed by atoms with van der Waals surface area (Å²) < 4.78 is 11.1. The average molecular weight is 335 g/mol. The fraction of sp³-hybridized carbons (Fsp3) is 0.400. The van der Waals surface area contributed by atoms with Gasteiger partial charge in [-0.1, -0.05) is 0 Å². The molecule has 2 rings (SSSR count). The van der Waals surface area contributed by atoms with Gasteiger partial charge in [-0.05, 0) is 20.2 Å². The molecule has 0 spiro atoms. The molecule has 2 aromatic rings. The molecule has 0 bridgehead atoms. The number of rotatable bonds is 6. The van der Waals surface area contributed by atoms with E-state index in [9.17, 15) is 9.59 Å². The highest BCUT2D eigenvalue weighted by molar-refractivity contribution is 5.93. The van der Waals surface area contributed by atoms with Gasteiger partial charge in [0.2, 0.25) is 5.82 Å². The zero-order chi connectivity index (χ0) is 17.9. The Morgan fingerprint density at radius 1 is 1.29 bits per heavy atom. The number of hydrogen-bond acceptors (Lipinski definition) is 7. The van der Waals surface area contributed by atoms with Gasteiger partial charge < -0.3 is 25.5 Å². The standard InChI is InChI=1S/C15H21N5O4/c1-19(2)6-5-17-14(21)13-18-10-8-12(24-4)11(23-3)7-9(10)15(22)20(13)16/h7-8H,5-6,16H2,1-4H3,(H,17,21). The van der Waals surface area contributed by atoms with Crippen LogP contribution in [0.2, 0.25) is 0 Å². The predicted molar refractivity (Wildman–Crippen MR) is 90.1 cm³/mol. The van der Waals surface area contributed by atoms with Gasteiger partial charge in [-0.25, -0.2) is 9.66 Å². The predicted octanol–water partition coefficient (Wildman–Crippen LogP) is -0.581. The first-order valence-corrected chi connectivity index (χ1v) is 7.25. The maximum Gasteiger partial charge on any atom is 0.289 e. The summed E-state index contributed by atoms with van der Waals surface area (Å²) in [6, 6.07) is 3.02. The molecule has 0 aliphatic rings. The number of carbonyl (C=O) groups excluding carboxylic acids is 1. The van der Waals surface area contributed by atoms with Gasteiger partial charge in [-0.3, -0.25) is 9.59 Å². The zero-order valence-electron chi connectivity index (χ0n) is 14.1. The number of amides is 1. The van der Waals surface area contributed by atoms with Crippen molar-refractivity contribution in [2.24, 2.45) is 0 Å². The lowest BCUT2D eigenvalue weighted by Gasteiger charge is -2.13. The Kier molecular flexibility index (Phi) is 5.24. The van der Waals surface area contributed by atoms with Gasteiger partial charge >= 0.3 is 0 Å². The molecule has 0 saturated carbocycles. The number of carbonyl (C=O) groups is 1. The first-order valence-electron chi connectivity index (χ1n) is 7.25. The summed E-state index contributed by atoms with van der Waals surface area (Å²) >= 11 is 0. The number of likely N-dealkylation sites (N-methyl/N-ethyl adjacent to an activating group) is 1. The van der Waals surface area contributed by atoms with E-state index in [0.717, 1.165) is 4.68 Å². The van der Waals surface area contributed by atoms with Gasteiger partial charge in [0.1, 0.15) is 0 Å². The Bertz CT molecular complexity index is 816. The van der Waals surface area contributed by atoms with E-state index in [1.807, 2.05) is 19.0 Å². The number of aromatic nitrogens is 2. The van der Waals surface area contributed by atoms with E-state index in [4.69, 9.17) is 15.3 Å². The summed E-state index contributed by atoms with van der Waals surface area (Å²) in [6.07, 6.45) is 0. The van der Waals surface area contributed by atoms with Crippen molar-refractivity contribution in [3.8, 4) is 11.5 Å². The van der Waals surface area contributed by atoms with E-state index in [2.05, 4.69) is 10.3 Å². The van der Waals surface area contributed by atoms with Gasteiger partial charge in [0.05, 0.1) is 25.1 Å². The van der Waals surface area contributed by atoms with Crippen LogP contribution in [-0.4, -0.2) is 61.9 Å². The van der Waals surface area contributed by atoms with E-state index in [-0.39, 0.29) is 11.2 Å². The number of fused-ring (bicyclic) bond motifs is 1. The molecule has 0 atom stereocenters. The lowest BCUT2D eigenvalue weighted by atomic mass is 10.2. The van der Waals surface area contributed by atoms with Gasteiger partial charge in [0.25, 0.3) is 11.5 Å². The van der Waals surface area contributed by atoms with Crippen LogP contribution < -0.4 is 26.2 Å². The van der Waals surface area contributed by atoms with Crippen LogP contribution in [0.4, 0.5) is 0 Å². The minimum atomic E-state index is -0.543. The number of hydrogen-bond donors (Lipinski definition) is 2. The maximum absolute atomic E-state index is 12.4. The first kappa shape index (κ1) is 17.5. The fourth-order valence-corrected chi connectivity index (χ4v) is 2.16. The molecule has 0 saturated heterocycles. The molecule has 130 valence electrons. The summed E-state index contributed by atoms with van der Waals surface area (Å²) in [5.74, 6) is 5.84. The van der Waals surface area contributed by atoms with Crippen LogP contribution >= 0.6 is 0 Å². The first-order chi connectivity index (χ1) is 11.4. The van der Waals surface area contributed by atoms with Crippen LogP contribution in [-0.2, 0) is 0 Å². The second kappa shape index (κ2) is 7.18. The molecule has 1 aromatic heterocycles. The molecule has 3 N–H and O–H groups in total. The molecule has 0 unspecified atom stereocenters. The van der Waals surface area contributed by atoms with Crippen molar-refractivity contribution in [2.75, 3.05) is 47.2 Å². The van der Waals surface area contributed by atoms with Gasteiger partial charge in [0, 0.05) is 19.2 Å². The molecule has 0 radical (unpaired) electrons. The minimum Gasteiger partial charge on any atom is -0.493 e. The molecule has 0 aliphatic carbocycles. The second-order valence-electron chi connectivity index (χ2n) is 5.39. The molecule has 0 aliphatic heterocycles. The van der Waals surface area contributed by atoms with Crippen LogP contribution in [0.25, 0.3) is 10.9 Å². The Hall–Kier alpha value is -2.81. The summed E-state index contributed by atoms with van der Waals surface area (Å²) in [7, 11) is 6.71. The highest BCUT2D eigenvalue weighted by atomic mass is 16.5. The molecule has 24 heavy (non-hydrogen) atoms. The Morgan fingerprint density at radius 2 is 1.92 bits per heavy atom. The van der Waals surface area contributed by atoms with E-state index < -0.39 is 11.5 Å². The highest BCUT2D eigenvalue weighted by Crippen LogP contribution is 2.29. The third-order valence-electron chi connectivity index (χ3n) is 3.45. The molecule has 9 nitrogen and oxygen atoms in total. The number of nitrogens with one attached hydrogen (secondary N) is 1. The van der Waals surface area contributed by atoms with Gasteiger partial charge in [-0.15, -0.1) is 0 Å². The number of nitrogens with zero attached hydrogens (tertiary/aromatic N) is 3. The zero-order valence-corrected chi connectivity index (χ0v) is 14.1. The van der Waals surface area contributed by atoms with Crippen LogP contribution in [0.5, 0.6) is 11.5 Å². The molecule has 0 fully saturated rings. The third-order valence-corrected chi connectivity index (χ3v) is 3.45. The molecule has 1 amide bonds. The lowest BCUT2D eigenvalue weighted by molar-refractivity contribution is 0.0937. The Balaban J connectivity index is 2.47. The van der Waals surface area contributed by atoms with E-state index in [1.54, 1.807) is 0 Å². The van der Waals surface area contributed by atoms with Crippen molar-refractivity contribution >= 4 is 16.8 Å². The smallest absolute Gasteiger partial charge is 0.289 e. The van der Waals surface area contributed by atoms with Crippen LogP contribution in [0, 0.1) is 0 Å². The number of ether oxygens (including phenoxy) is 2. The quantitative estimate of drug-likeness (QED) is 0.679. The number of methoxy groups -OCH3 is 2. The highest BCUT2D eigenvalue weighted by Gasteiger charge is 2.18. The maximum atomic E-state index is 12.4. The number of benzene rings is 1. The van der Waals surface area contributed by atoms with Crippen molar-refractivity contribution in [3.63, 3.8) is 0 Å². The number of nitrogen functional groups attached to an aromatic ring is 1. The summed E-state index contributed by atoms with van der Waals surface area (Å²) in [4.78, 5) is 30.8. The third kappa shape index (κ3) is 3.40. The van der Waals surface area contributed by atoms with Crippen molar-refractivity contribution in [1.82, 2.24) is 19.9 Å². The Morgan fingerprint density at radius 3 is 2.50 bits per heavy atom. The summed E-state index contributed by atoms with van der Waals surface area (Å²) in [5.41, 5.74) is -0.240. The fourth-order valence-electron chi connectivity index (χ4n) is 2.16. The van der Waals surface area contributed by atoms with Gasteiger partial charge in [0.15, 0.2) is 11.5 Å². The summed E-state index contributed by atoms with van der Waals surface area (Å²) in [6.45, 7) is 1.06. The lowest BCUT2D eigenvalue weighted by Crippen LogP contribution is -2.39. The number of nitrogens with two attached hydrogens (primary N) is 1. The molecule has 1 heterocycles. The van der Waals surface area contributed by atoms with E-state index >= 15 is 0 Å². The van der Waals surface area contributed by atoms with Crippen molar-refractivity contribution in [1.29, 1.82) is 0 Å². The molecule has 9 heteroatoms. The van der Waals surface area contributed by atoms with Gasteiger partial charge in [-0.2, -0.15) is 0 Å². The van der Waals surface area contributed by atoms with Crippen molar-refractivity contribution < 1.29 is 14.3 Å². The average Bonchev–Trinajstić information content (AvgIpc) is 2.56. The summed E-state index contributed by atoms with van der Waals surface area (Å²) in [5, 5.41) is 2.91. The monoisotopic (exact) mass is 335 g/mol. The van der Waals surface area contributed by atoms with Crippen molar-refractivity contribution in [2.45, 2.75) is 0 Å². The topological polar surface area (TPSA) is 112 Å². The van der Waals surface area contributed by atoms with E-state index in [0.29, 0.717) is 30.1 Å². The van der Waals surface area contributed by atoms with Crippen LogP contribution in [0.3, 0.4) is 0 Å². The molecule has 1 aromatic carbocycles.